The highest BCUT2D eigenvalue weighted by molar-refractivity contribution is 5.71. The molecule has 2 aliphatic heterocycles. The number of nitrogens with zero attached hydrogens (tertiary/aromatic N) is 2. The van der Waals surface area contributed by atoms with E-state index in [0.717, 1.165) is 44.9 Å². The molecule has 1 saturated heterocycles. The molecule has 0 bridgehead atoms. The number of rotatable bonds is 2. The number of anilines is 2. The fourth-order valence-electron chi connectivity index (χ4n) is 2.77. The van der Waals surface area contributed by atoms with E-state index in [9.17, 15) is 0 Å². The van der Waals surface area contributed by atoms with E-state index < -0.39 is 0 Å². The van der Waals surface area contributed by atoms with E-state index in [1.165, 1.54) is 16.9 Å². The summed E-state index contributed by atoms with van der Waals surface area (Å²) < 4.78 is 5.57. The lowest BCUT2D eigenvalue weighted by Gasteiger charge is -2.35. The van der Waals surface area contributed by atoms with E-state index in [-0.39, 0.29) is 0 Å². The zero-order valence-electron chi connectivity index (χ0n) is 11.2. The van der Waals surface area contributed by atoms with Gasteiger partial charge in [-0.2, -0.15) is 0 Å². The largest absolute Gasteiger partial charge is 0.495 e. The molecule has 98 valence electrons. The van der Waals surface area contributed by atoms with Crippen molar-refractivity contribution in [3.63, 3.8) is 0 Å². The topological polar surface area (TPSA) is 27.7 Å². The van der Waals surface area contributed by atoms with Gasteiger partial charge in [0.1, 0.15) is 5.75 Å². The van der Waals surface area contributed by atoms with Gasteiger partial charge in [-0.05, 0) is 31.2 Å². The molecule has 2 heterocycles. The molecular weight excluding hydrogens is 226 g/mol. The zero-order chi connectivity index (χ0) is 12.5. The summed E-state index contributed by atoms with van der Waals surface area (Å²) in [4.78, 5) is 4.80. The number of methoxy groups -OCH3 is 1. The molecule has 4 heteroatoms. The Morgan fingerprint density at radius 1 is 1.17 bits per heavy atom. The van der Waals surface area contributed by atoms with Gasteiger partial charge >= 0.3 is 0 Å². The predicted molar refractivity (Wildman–Crippen MR) is 74.9 cm³/mol. The number of likely N-dealkylation sites (N-methyl/N-ethyl adjacent to an activating group) is 1. The molecule has 1 aromatic rings. The Bertz CT molecular complexity index is 439. The number of ether oxygens (including phenoxy) is 1. The number of nitrogens with one attached hydrogen (secondary N) is 1. The lowest BCUT2D eigenvalue weighted by Crippen LogP contribution is -2.44. The summed E-state index contributed by atoms with van der Waals surface area (Å²) in [7, 11) is 3.95. The summed E-state index contributed by atoms with van der Waals surface area (Å²) in [6.45, 7) is 5.43. The SMILES string of the molecule is COc1cc2c(cc1N1CCN(C)CC1)NCC2. The summed E-state index contributed by atoms with van der Waals surface area (Å²) >= 11 is 0. The molecule has 0 unspecified atom stereocenters. The minimum absolute atomic E-state index is 1.02. The number of hydrogen-bond donors (Lipinski definition) is 1. The molecule has 0 aliphatic carbocycles. The van der Waals surface area contributed by atoms with E-state index in [2.05, 4.69) is 34.3 Å². The monoisotopic (exact) mass is 247 g/mol. The van der Waals surface area contributed by atoms with Crippen LogP contribution in [0.2, 0.25) is 0 Å². The normalized spacial score (nSPS) is 19.6. The van der Waals surface area contributed by atoms with Gasteiger partial charge in [0.15, 0.2) is 0 Å². The van der Waals surface area contributed by atoms with E-state index in [0.29, 0.717) is 0 Å². The summed E-state index contributed by atoms with van der Waals surface area (Å²) in [6.07, 6.45) is 1.11. The van der Waals surface area contributed by atoms with Crippen molar-refractivity contribution in [1.29, 1.82) is 0 Å². The van der Waals surface area contributed by atoms with Crippen molar-refractivity contribution in [2.45, 2.75) is 6.42 Å². The van der Waals surface area contributed by atoms with Gasteiger partial charge in [0.25, 0.3) is 0 Å². The fourth-order valence-corrected chi connectivity index (χ4v) is 2.77. The van der Waals surface area contributed by atoms with Gasteiger partial charge < -0.3 is 19.9 Å². The lowest BCUT2D eigenvalue weighted by molar-refractivity contribution is 0.311. The Balaban J connectivity index is 1.90. The molecule has 1 fully saturated rings. The van der Waals surface area contributed by atoms with E-state index >= 15 is 0 Å². The molecule has 1 N–H and O–H groups in total. The Hall–Kier alpha value is -1.42. The second-order valence-corrected chi connectivity index (χ2v) is 5.15. The van der Waals surface area contributed by atoms with Crippen LogP contribution in [0.1, 0.15) is 5.56 Å². The quantitative estimate of drug-likeness (QED) is 0.855. The van der Waals surface area contributed by atoms with Gasteiger partial charge in [-0.1, -0.05) is 0 Å². The maximum absolute atomic E-state index is 5.57. The number of piperazine rings is 1. The molecule has 4 nitrogen and oxygen atoms in total. The van der Waals surface area contributed by atoms with Gasteiger partial charge in [0.05, 0.1) is 12.8 Å². The Morgan fingerprint density at radius 3 is 2.67 bits per heavy atom. The molecule has 18 heavy (non-hydrogen) atoms. The first-order chi connectivity index (χ1) is 8.78. The predicted octanol–water partition coefficient (Wildman–Crippen LogP) is 1.41. The van der Waals surface area contributed by atoms with Crippen molar-refractivity contribution in [2.24, 2.45) is 0 Å². The standard InChI is InChI=1S/C14H21N3O/c1-16-5-7-17(8-6-16)13-10-12-11(3-4-15-12)9-14(13)18-2/h9-10,15H,3-8H2,1-2H3. The summed E-state index contributed by atoms with van der Waals surface area (Å²) in [6, 6.07) is 4.45. The zero-order valence-corrected chi connectivity index (χ0v) is 11.2. The van der Waals surface area contributed by atoms with Crippen LogP contribution in [-0.4, -0.2) is 51.8 Å². The first-order valence-corrected chi connectivity index (χ1v) is 6.66. The van der Waals surface area contributed by atoms with Gasteiger partial charge in [-0.25, -0.2) is 0 Å². The summed E-state index contributed by atoms with van der Waals surface area (Å²) in [5, 5.41) is 3.45. The molecular formula is C14H21N3O. The van der Waals surface area contributed by atoms with Gasteiger partial charge in [0, 0.05) is 38.4 Å². The van der Waals surface area contributed by atoms with E-state index in [1.54, 1.807) is 7.11 Å². The minimum Gasteiger partial charge on any atom is -0.495 e. The maximum atomic E-state index is 5.57. The minimum atomic E-state index is 1.02. The lowest BCUT2D eigenvalue weighted by atomic mass is 10.1. The van der Waals surface area contributed by atoms with Crippen molar-refractivity contribution >= 4 is 11.4 Å². The van der Waals surface area contributed by atoms with Crippen LogP contribution >= 0.6 is 0 Å². The number of fused-ring (bicyclic) bond motifs is 1. The van der Waals surface area contributed by atoms with Crippen molar-refractivity contribution < 1.29 is 4.74 Å². The molecule has 0 saturated carbocycles. The first-order valence-electron chi connectivity index (χ1n) is 6.66. The summed E-state index contributed by atoms with van der Waals surface area (Å²) in [5.41, 5.74) is 3.90. The van der Waals surface area contributed by atoms with Crippen molar-refractivity contribution in [3.05, 3.63) is 17.7 Å². The molecule has 3 rings (SSSR count). The molecule has 1 aromatic carbocycles. The average molecular weight is 247 g/mol. The van der Waals surface area contributed by atoms with Crippen LogP contribution in [0.4, 0.5) is 11.4 Å². The summed E-state index contributed by atoms with van der Waals surface area (Å²) in [5.74, 6) is 1.02. The Morgan fingerprint density at radius 2 is 1.94 bits per heavy atom. The smallest absolute Gasteiger partial charge is 0.142 e. The highest BCUT2D eigenvalue weighted by atomic mass is 16.5. The second-order valence-electron chi connectivity index (χ2n) is 5.15. The maximum Gasteiger partial charge on any atom is 0.142 e. The molecule has 2 aliphatic rings. The third kappa shape index (κ3) is 2.01. The van der Waals surface area contributed by atoms with Crippen LogP contribution in [0.5, 0.6) is 5.75 Å². The van der Waals surface area contributed by atoms with Crippen molar-refractivity contribution in [2.75, 3.05) is 57.1 Å². The highest BCUT2D eigenvalue weighted by Crippen LogP contribution is 2.36. The molecule has 0 aromatic heterocycles. The van der Waals surface area contributed by atoms with E-state index in [4.69, 9.17) is 4.74 Å². The van der Waals surface area contributed by atoms with Crippen LogP contribution in [0.3, 0.4) is 0 Å². The van der Waals surface area contributed by atoms with Crippen molar-refractivity contribution in [1.82, 2.24) is 4.90 Å². The van der Waals surface area contributed by atoms with Crippen molar-refractivity contribution in [3.8, 4) is 5.75 Å². The number of hydrogen-bond acceptors (Lipinski definition) is 4. The molecule has 0 spiro atoms. The Kier molecular flexibility index (Phi) is 3.04. The molecule has 0 amide bonds. The Labute approximate surface area is 109 Å². The highest BCUT2D eigenvalue weighted by Gasteiger charge is 2.21. The van der Waals surface area contributed by atoms with Crippen LogP contribution in [0, 0.1) is 0 Å². The fraction of sp³-hybridized carbons (Fsp3) is 0.571. The third-order valence-electron chi connectivity index (χ3n) is 3.96. The molecule has 0 atom stereocenters. The van der Waals surface area contributed by atoms with Crippen LogP contribution in [0.15, 0.2) is 12.1 Å². The number of benzene rings is 1. The van der Waals surface area contributed by atoms with Gasteiger partial charge in [0.2, 0.25) is 0 Å². The van der Waals surface area contributed by atoms with E-state index in [1.807, 2.05) is 0 Å². The van der Waals surface area contributed by atoms with Crippen LogP contribution in [-0.2, 0) is 6.42 Å². The second kappa shape index (κ2) is 4.69. The molecule has 0 radical (unpaired) electrons. The average Bonchev–Trinajstić information content (AvgIpc) is 2.85. The van der Waals surface area contributed by atoms with Crippen LogP contribution in [0.25, 0.3) is 0 Å². The van der Waals surface area contributed by atoms with Crippen LogP contribution < -0.4 is 15.0 Å². The third-order valence-corrected chi connectivity index (χ3v) is 3.96. The van der Waals surface area contributed by atoms with Gasteiger partial charge in [-0.3, -0.25) is 0 Å². The van der Waals surface area contributed by atoms with Gasteiger partial charge in [-0.15, -0.1) is 0 Å². The first kappa shape index (κ1) is 11.7.